The van der Waals surface area contributed by atoms with Crippen LogP contribution in [-0.4, -0.2) is 29.1 Å². The minimum Gasteiger partial charge on any atom is -0.335 e. The van der Waals surface area contributed by atoms with Crippen molar-refractivity contribution in [3.63, 3.8) is 0 Å². The van der Waals surface area contributed by atoms with Crippen molar-refractivity contribution in [2.45, 2.75) is 16.8 Å². The fourth-order valence-corrected chi connectivity index (χ4v) is 6.28. The summed E-state index contributed by atoms with van der Waals surface area (Å²) in [5.74, 6) is 0.991. The average molecular weight is 301 g/mol. The van der Waals surface area contributed by atoms with Gasteiger partial charge in [0.1, 0.15) is 6.10 Å². The SMILES string of the molecule is O=[N+]([O-])c1ccc([C@H]2OC23S(=O)CCCS3=O)cc1. The van der Waals surface area contributed by atoms with E-state index in [1.807, 2.05) is 0 Å². The summed E-state index contributed by atoms with van der Waals surface area (Å²) in [6, 6.07) is 5.89. The number of nitro groups is 1. The minimum atomic E-state index is -1.27. The predicted octanol–water partition coefficient (Wildman–Crippen LogP) is 1.22. The highest BCUT2D eigenvalue weighted by Gasteiger charge is 2.67. The van der Waals surface area contributed by atoms with Gasteiger partial charge in [-0.05, 0) is 24.1 Å². The highest BCUT2D eigenvalue weighted by molar-refractivity contribution is 8.05. The third-order valence-electron chi connectivity index (χ3n) is 3.25. The summed E-state index contributed by atoms with van der Waals surface area (Å²) in [4.78, 5) is 10.1. The van der Waals surface area contributed by atoms with Crippen molar-refractivity contribution in [1.82, 2.24) is 0 Å². The normalized spacial score (nSPS) is 37.2. The molecule has 0 bridgehead atoms. The number of nitro benzene ring substituents is 1. The number of rotatable bonds is 2. The van der Waals surface area contributed by atoms with Gasteiger partial charge >= 0.3 is 0 Å². The van der Waals surface area contributed by atoms with Gasteiger partial charge in [0, 0.05) is 23.6 Å². The van der Waals surface area contributed by atoms with Gasteiger partial charge < -0.3 is 4.74 Å². The van der Waals surface area contributed by atoms with Crippen LogP contribution in [0.3, 0.4) is 0 Å². The van der Waals surface area contributed by atoms with Crippen LogP contribution in [-0.2, 0) is 26.3 Å². The molecule has 1 aromatic rings. The molecule has 3 atom stereocenters. The second-order valence-corrected chi connectivity index (χ2v) is 8.07. The molecule has 2 fully saturated rings. The Bertz CT molecular complexity index is 569. The highest BCUT2D eigenvalue weighted by atomic mass is 32.2. The molecule has 1 spiro atoms. The zero-order chi connectivity index (χ0) is 13.6. The van der Waals surface area contributed by atoms with E-state index < -0.39 is 36.9 Å². The van der Waals surface area contributed by atoms with E-state index in [2.05, 4.69) is 0 Å². The van der Waals surface area contributed by atoms with Gasteiger partial charge in [0.15, 0.2) is 0 Å². The maximum absolute atomic E-state index is 12.0. The van der Waals surface area contributed by atoms with Crippen LogP contribution < -0.4 is 0 Å². The lowest BCUT2D eigenvalue weighted by Gasteiger charge is -2.17. The third kappa shape index (κ3) is 1.94. The Kier molecular flexibility index (Phi) is 3.03. The maximum Gasteiger partial charge on any atom is 0.269 e. The molecule has 0 amide bonds. The van der Waals surface area contributed by atoms with Gasteiger partial charge in [-0.1, -0.05) is 0 Å². The largest absolute Gasteiger partial charge is 0.335 e. The molecule has 0 N–H and O–H groups in total. The van der Waals surface area contributed by atoms with Crippen molar-refractivity contribution in [3.05, 3.63) is 39.9 Å². The van der Waals surface area contributed by atoms with E-state index in [0.717, 1.165) is 0 Å². The quantitative estimate of drug-likeness (QED) is 0.465. The lowest BCUT2D eigenvalue weighted by molar-refractivity contribution is -0.384. The second-order valence-electron chi connectivity index (χ2n) is 4.40. The molecule has 0 saturated carbocycles. The molecule has 2 aliphatic rings. The van der Waals surface area contributed by atoms with E-state index in [9.17, 15) is 18.5 Å². The fraction of sp³-hybridized carbons (Fsp3) is 0.455. The van der Waals surface area contributed by atoms with Gasteiger partial charge in [-0.25, -0.2) is 0 Å². The van der Waals surface area contributed by atoms with Gasteiger partial charge in [0.2, 0.25) is 4.27 Å². The molecule has 8 heteroatoms. The Balaban J connectivity index is 1.87. The lowest BCUT2D eigenvalue weighted by atomic mass is 10.1. The predicted molar refractivity (Wildman–Crippen MR) is 70.3 cm³/mol. The number of benzene rings is 1. The monoisotopic (exact) mass is 301 g/mol. The Morgan fingerprint density at radius 3 is 2.32 bits per heavy atom. The molecule has 2 aliphatic heterocycles. The first-order chi connectivity index (χ1) is 9.05. The first-order valence-electron chi connectivity index (χ1n) is 5.75. The summed E-state index contributed by atoms with van der Waals surface area (Å²) < 4.78 is 28.5. The van der Waals surface area contributed by atoms with Gasteiger partial charge in [-0.2, -0.15) is 0 Å². The molecule has 102 valence electrons. The standard InChI is InChI=1S/C11H11NO5S2/c13-12(14)9-4-2-8(3-5-9)10-11(17-10)18(15)6-1-7-19(11)16/h2-5,10H,1,6-7H2/t10-,11?,18?,19?/m1/s1. The van der Waals surface area contributed by atoms with Crippen LogP contribution in [0.2, 0.25) is 0 Å². The number of hydrogen-bond donors (Lipinski definition) is 0. The molecule has 0 aliphatic carbocycles. The van der Waals surface area contributed by atoms with Gasteiger partial charge in [0.05, 0.1) is 26.5 Å². The van der Waals surface area contributed by atoms with Crippen molar-refractivity contribution >= 4 is 27.3 Å². The first kappa shape index (κ1) is 12.9. The van der Waals surface area contributed by atoms with E-state index in [1.165, 1.54) is 12.1 Å². The second kappa shape index (κ2) is 4.46. The van der Waals surface area contributed by atoms with Crippen LogP contribution in [0.1, 0.15) is 18.1 Å². The summed E-state index contributed by atoms with van der Waals surface area (Å²) in [6.45, 7) is 0. The molecular formula is C11H11NO5S2. The van der Waals surface area contributed by atoms with Crippen LogP contribution in [0, 0.1) is 10.1 Å². The maximum atomic E-state index is 12.0. The van der Waals surface area contributed by atoms with Crippen molar-refractivity contribution in [3.8, 4) is 0 Å². The highest BCUT2D eigenvalue weighted by Crippen LogP contribution is 2.56. The summed E-state index contributed by atoms with van der Waals surface area (Å²) in [5, 5.41) is 10.6. The molecule has 2 heterocycles. The summed E-state index contributed by atoms with van der Waals surface area (Å²) >= 11 is 0. The van der Waals surface area contributed by atoms with Crippen LogP contribution >= 0.6 is 0 Å². The van der Waals surface area contributed by atoms with Gasteiger partial charge in [0.25, 0.3) is 5.69 Å². The van der Waals surface area contributed by atoms with Crippen LogP contribution in [0.15, 0.2) is 24.3 Å². The number of nitrogens with zero attached hydrogens (tertiary/aromatic N) is 1. The lowest BCUT2D eigenvalue weighted by Crippen LogP contribution is -2.34. The molecule has 1 aromatic carbocycles. The van der Waals surface area contributed by atoms with E-state index >= 15 is 0 Å². The molecule has 19 heavy (non-hydrogen) atoms. The molecule has 2 saturated heterocycles. The Morgan fingerprint density at radius 1 is 1.21 bits per heavy atom. The molecular weight excluding hydrogens is 290 g/mol. The first-order valence-corrected chi connectivity index (χ1v) is 8.38. The molecule has 6 nitrogen and oxygen atoms in total. The Hall–Kier alpha value is -1.12. The van der Waals surface area contributed by atoms with E-state index in [4.69, 9.17) is 4.74 Å². The number of epoxide rings is 1. The van der Waals surface area contributed by atoms with Crippen LogP contribution in [0.25, 0.3) is 0 Å². The van der Waals surface area contributed by atoms with E-state index in [-0.39, 0.29) is 5.69 Å². The number of hydrogen-bond acceptors (Lipinski definition) is 5. The third-order valence-corrected chi connectivity index (χ3v) is 7.57. The van der Waals surface area contributed by atoms with E-state index in [1.54, 1.807) is 12.1 Å². The van der Waals surface area contributed by atoms with Crippen molar-refractivity contribution < 1.29 is 18.1 Å². The number of non-ortho nitro benzene ring substituents is 1. The van der Waals surface area contributed by atoms with Crippen LogP contribution in [0.4, 0.5) is 5.69 Å². The van der Waals surface area contributed by atoms with E-state index in [0.29, 0.717) is 23.5 Å². The summed E-state index contributed by atoms with van der Waals surface area (Å²) in [7, 11) is -2.54. The van der Waals surface area contributed by atoms with Crippen LogP contribution in [0.5, 0.6) is 0 Å². The Morgan fingerprint density at radius 2 is 1.79 bits per heavy atom. The van der Waals surface area contributed by atoms with Crippen molar-refractivity contribution in [1.29, 1.82) is 0 Å². The Labute approximate surface area is 114 Å². The minimum absolute atomic E-state index is 0.00987. The fourth-order valence-electron chi connectivity index (χ4n) is 2.23. The zero-order valence-electron chi connectivity index (χ0n) is 9.81. The summed E-state index contributed by atoms with van der Waals surface area (Å²) in [6.07, 6.45) is 0.201. The summed E-state index contributed by atoms with van der Waals surface area (Å²) in [5.41, 5.74) is 0.679. The van der Waals surface area contributed by atoms with Gasteiger partial charge in [-0.15, -0.1) is 0 Å². The van der Waals surface area contributed by atoms with Crippen molar-refractivity contribution in [2.75, 3.05) is 11.5 Å². The molecule has 0 aromatic heterocycles. The average Bonchev–Trinajstić information content (AvgIpc) is 3.13. The number of ether oxygens (including phenoxy) is 1. The van der Waals surface area contributed by atoms with Gasteiger partial charge in [-0.3, -0.25) is 18.5 Å². The van der Waals surface area contributed by atoms with Crippen molar-refractivity contribution in [2.24, 2.45) is 0 Å². The smallest absolute Gasteiger partial charge is 0.269 e. The zero-order valence-corrected chi connectivity index (χ0v) is 11.4. The topological polar surface area (TPSA) is 89.8 Å². The molecule has 0 radical (unpaired) electrons. The molecule has 2 unspecified atom stereocenters. The molecule has 3 rings (SSSR count).